The SMILES string of the molecule is CC1=C(/C=C/C(C)=C/C=C/C(C)=C/C=C2C(=O)CC(C)CC2=O)C(C)(C)CCC1. The average molecular weight is 393 g/mol. The third-order valence-corrected chi connectivity index (χ3v) is 5.96. The lowest BCUT2D eigenvalue weighted by Gasteiger charge is -2.32. The van der Waals surface area contributed by atoms with Crippen molar-refractivity contribution in [3.63, 3.8) is 0 Å². The van der Waals surface area contributed by atoms with E-state index in [1.54, 1.807) is 6.08 Å². The molecule has 0 aromatic heterocycles. The van der Waals surface area contributed by atoms with Crippen molar-refractivity contribution in [2.45, 2.75) is 73.6 Å². The molecule has 0 unspecified atom stereocenters. The first-order valence-corrected chi connectivity index (χ1v) is 10.8. The lowest BCUT2D eigenvalue weighted by Crippen LogP contribution is -2.24. The van der Waals surface area contributed by atoms with Crippen LogP contribution >= 0.6 is 0 Å². The Hall–Kier alpha value is -2.22. The van der Waals surface area contributed by atoms with Crippen LogP contribution < -0.4 is 0 Å². The molecule has 156 valence electrons. The summed E-state index contributed by atoms with van der Waals surface area (Å²) in [5.41, 5.74) is 5.79. The van der Waals surface area contributed by atoms with Gasteiger partial charge in [-0.15, -0.1) is 0 Å². The van der Waals surface area contributed by atoms with Crippen LogP contribution in [0.1, 0.15) is 73.6 Å². The van der Waals surface area contributed by atoms with Crippen molar-refractivity contribution in [3.05, 3.63) is 70.4 Å². The molecule has 2 aliphatic rings. The van der Waals surface area contributed by atoms with Crippen molar-refractivity contribution in [1.29, 1.82) is 0 Å². The fraction of sp³-hybridized carbons (Fsp3) is 0.481. The van der Waals surface area contributed by atoms with Crippen molar-refractivity contribution >= 4 is 11.6 Å². The third-order valence-electron chi connectivity index (χ3n) is 5.96. The fourth-order valence-corrected chi connectivity index (χ4v) is 4.17. The second-order valence-corrected chi connectivity index (χ2v) is 9.39. The summed E-state index contributed by atoms with van der Waals surface area (Å²) in [5.74, 6) is 0.104. The molecule has 29 heavy (non-hydrogen) atoms. The molecule has 1 saturated carbocycles. The van der Waals surface area contributed by atoms with Gasteiger partial charge in [-0.2, -0.15) is 0 Å². The van der Waals surface area contributed by atoms with Gasteiger partial charge in [0.15, 0.2) is 11.6 Å². The summed E-state index contributed by atoms with van der Waals surface area (Å²) in [5, 5.41) is 0. The highest BCUT2D eigenvalue weighted by Crippen LogP contribution is 2.40. The summed E-state index contributed by atoms with van der Waals surface area (Å²) in [4.78, 5) is 24.1. The van der Waals surface area contributed by atoms with Crippen LogP contribution in [0.3, 0.4) is 0 Å². The van der Waals surface area contributed by atoms with Crippen LogP contribution in [0.4, 0.5) is 0 Å². The number of rotatable bonds is 5. The topological polar surface area (TPSA) is 34.1 Å². The summed E-state index contributed by atoms with van der Waals surface area (Å²) in [7, 11) is 0. The van der Waals surface area contributed by atoms with E-state index in [2.05, 4.69) is 45.9 Å². The first-order chi connectivity index (χ1) is 13.6. The van der Waals surface area contributed by atoms with Gasteiger partial charge in [0.05, 0.1) is 5.57 Å². The Labute approximate surface area is 176 Å². The van der Waals surface area contributed by atoms with Crippen LogP contribution in [-0.4, -0.2) is 11.6 Å². The molecule has 0 bridgehead atoms. The summed E-state index contributed by atoms with van der Waals surface area (Å²) < 4.78 is 0. The Morgan fingerprint density at radius 3 is 2.24 bits per heavy atom. The second-order valence-electron chi connectivity index (χ2n) is 9.39. The number of carbonyl (C=O) groups excluding carboxylic acids is 2. The Morgan fingerprint density at radius 1 is 1.00 bits per heavy atom. The minimum atomic E-state index is -0.0297. The van der Waals surface area contributed by atoms with Gasteiger partial charge in [-0.1, -0.05) is 73.9 Å². The van der Waals surface area contributed by atoms with Gasteiger partial charge in [-0.25, -0.2) is 0 Å². The highest BCUT2D eigenvalue weighted by Gasteiger charge is 2.27. The largest absolute Gasteiger partial charge is 0.294 e. The average Bonchev–Trinajstić information content (AvgIpc) is 2.59. The number of Topliss-reactive ketones (excluding diaryl/α,β-unsaturated/α-hetero) is 2. The van der Waals surface area contributed by atoms with E-state index < -0.39 is 0 Å². The number of ketones is 2. The van der Waals surface area contributed by atoms with Crippen LogP contribution in [0, 0.1) is 11.3 Å². The molecule has 0 radical (unpaired) electrons. The Kier molecular flexibility index (Phi) is 7.96. The number of hydrogen-bond donors (Lipinski definition) is 0. The van der Waals surface area contributed by atoms with E-state index in [0.29, 0.717) is 18.4 Å². The van der Waals surface area contributed by atoms with Gasteiger partial charge < -0.3 is 0 Å². The Morgan fingerprint density at radius 2 is 1.62 bits per heavy atom. The van der Waals surface area contributed by atoms with Crippen molar-refractivity contribution < 1.29 is 9.59 Å². The molecule has 0 saturated heterocycles. The summed E-state index contributed by atoms with van der Waals surface area (Å²) in [6.45, 7) is 13.0. The Balaban J connectivity index is 2.03. The second kappa shape index (κ2) is 10.0. The van der Waals surface area contributed by atoms with E-state index in [1.807, 2.05) is 32.1 Å². The first kappa shape index (κ1) is 23.1. The number of allylic oxidation sites excluding steroid dienone is 12. The van der Waals surface area contributed by atoms with Crippen molar-refractivity contribution in [3.8, 4) is 0 Å². The van der Waals surface area contributed by atoms with Gasteiger partial charge in [-0.3, -0.25) is 9.59 Å². The van der Waals surface area contributed by atoms with Crippen LogP contribution in [0.2, 0.25) is 0 Å². The molecule has 2 nitrogen and oxygen atoms in total. The molecule has 2 aliphatic carbocycles. The summed E-state index contributed by atoms with van der Waals surface area (Å²) in [6, 6.07) is 0. The Bertz CT molecular complexity index is 818. The zero-order valence-electron chi connectivity index (χ0n) is 19.0. The number of hydrogen-bond acceptors (Lipinski definition) is 2. The molecule has 0 aliphatic heterocycles. The van der Waals surface area contributed by atoms with Crippen LogP contribution in [-0.2, 0) is 9.59 Å². The van der Waals surface area contributed by atoms with Gasteiger partial charge in [-0.05, 0) is 63.0 Å². The van der Waals surface area contributed by atoms with Gasteiger partial charge in [0.2, 0.25) is 0 Å². The molecular weight excluding hydrogens is 356 g/mol. The lowest BCUT2D eigenvalue weighted by molar-refractivity contribution is -0.125. The third kappa shape index (κ3) is 6.66. The molecule has 0 amide bonds. The maximum Gasteiger partial charge on any atom is 0.166 e. The molecule has 0 N–H and O–H groups in total. The van der Waals surface area contributed by atoms with Gasteiger partial charge in [0.25, 0.3) is 0 Å². The normalized spacial score (nSPS) is 24.2. The number of carbonyl (C=O) groups is 2. The van der Waals surface area contributed by atoms with E-state index in [9.17, 15) is 9.59 Å². The highest BCUT2D eigenvalue weighted by atomic mass is 16.1. The van der Waals surface area contributed by atoms with E-state index in [4.69, 9.17) is 0 Å². The minimum absolute atomic E-state index is 0.0297. The monoisotopic (exact) mass is 392 g/mol. The van der Waals surface area contributed by atoms with Crippen LogP contribution in [0.25, 0.3) is 0 Å². The molecule has 2 heteroatoms. The lowest BCUT2D eigenvalue weighted by atomic mass is 9.72. The molecule has 0 aromatic rings. The standard InChI is InChI=1S/C27H36O2/c1-19(12-14-23-25(28)17-21(3)18-26(23)29)9-7-10-20(2)13-15-24-22(4)11-8-16-27(24,5)6/h7,9-10,12-15,21H,8,11,16-18H2,1-6H3/b9-7+,15-13+,19-12+,20-10+,23-14?. The first-order valence-electron chi connectivity index (χ1n) is 10.8. The predicted molar refractivity (Wildman–Crippen MR) is 123 cm³/mol. The van der Waals surface area contributed by atoms with Crippen LogP contribution in [0.5, 0.6) is 0 Å². The molecule has 0 aromatic carbocycles. The quantitative estimate of drug-likeness (QED) is 0.286. The van der Waals surface area contributed by atoms with E-state index >= 15 is 0 Å². The van der Waals surface area contributed by atoms with Gasteiger partial charge in [0, 0.05) is 12.8 Å². The molecule has 2 rings (SSSR count). The van der Waals surface area contributed by atoms with E-state index in [1.165, 1.54) is 36.0 Å². The zero-order chi connectivity index (χ0) is 21.6. The summed E-state index contributed by atoms with van der Waals surface area (Å²) >= 11 is 0. The van der Waals surface area contributed by atoms with Gasteiger partial charge in [0.1, 0.15) is 0 Å². The fourth-order valence-electron chi connectivity index (χ4n) is 4.17. The molecule has 1 fully saturated rings. The van der Waals surface area contributed by atoms with Crippen LogP contribution in [0.15, 0.2) is 70.4 Å². The maximum absolute atomic E-state index is 12.0. The summed E-state index contributed by atoms with van der Waals surface area (Å²) in [6.07, 6.45) is 18.8. The predicted octanol–water partition coefficient (Wildman–Crippen LogP) is 7.01. The maximum atomic E-state index is 12.0. The van der Waals surface area contributed by atoms with E-state index in [-0.39, 0.29) is 22.9 Å². The van der Waals surface area contributed by atoms with Crippen molar-refractivity contribution in [2.75, 3.05) is 0 Å². The zero-order valence-corrected chi connectivity index (χ0v) is 19.0. The van der Waals surface area contributed by atoms with E-state index in [0.717, 1.165) is 5.57 Å². The minimum Gasteiger partial charge on any atom is -0.294 e. The molecule has 0 atom stereocenters. The highest BCUT2D eigenvalue weighted by molar-refractivity contribution is 6.22. The van der Waals surface area contributed by atoms with Crippen molar-refractivity contribution in [1.82, 2.24) is 0 Å². The van der Waals surface area contributed by atoms with Gasteiger partial charge >= 0.3 is 0 Å². The molecule has 0 heterocycles. The van der Waals surface area contributed by atoms with Crippen molar-refractivity contribution in [2.24, 2.45) is 11.3 Å². The molecule has 0 spiro atoms. The molecular formula is C27H36O2. The smallest absolute Gasteiger partial charge is 0.166 e.